The fraction of sp³-hybridized carbons (Fsp3) is 0. The Morgan fingerprint density at radius 2 is 1.43 bits per heavy atom. The molecule has 0 spiro atoms. The number of aromatic nitrogens is 2. The summed E-state index contributed by atoms with van der Waals surface area (Å²) in [5.41, 5.74) is 4.15. The molecule has 0 radical (unpaired) electrons. The van der Waals surface area contributed by atoms with Gasteiger partial charge < -0.3 is 4.42 Å². The van der Waals surface area contributed by atoms with E-state index in [0.717, 1.165) is 38.8 Å². The number of hydrogen-bond acceptors (Lipinski definition) is 2. The van der Waals surface area contributed by atoms with Gasteiger partial charge in [-0.25, -0.2) is 4.98 Å². The van der Waals surface area contributed by atoms with Crippen LogP contribution in [0.25, 0.3) is 60.3 Å². The largest absolute Gasteiger partial charge is 0.455 e. The van der Waals surface area contributed by atoms with Crippen molar-refractivity contribution in [1.29, 1.82) is 0 Å². The number of benzene rings is 4. The molecule has 3 aromatic heterocycles. The molecule has 0 fully saturated rings. The highest BCUT2D eigenvalue weighted by Gasteiger charge is 2.19. The molecular formula is C27H16N2O. The van der Waals surface area contributed by atoms with E-state index in [1.807, 2.05) is 18.3 Å². The average molecular weight is 384 g/mol. The second-order valence-electron chi connectivity index (χ2n) is 7.64. The monoisotopic (exact) mass is 384 g/mol. The number of furan rings is 1. The molecule has 3 nitrogen and oxygen atoms in total. The second kappa shape index (κ2) is 5.71. The van der Waals surface area contributed by atoms with Crippen molar-refractivity contribution in [3.8, 4) is 5.82 Å². The molecule has 140 valence electrons. The van der Waals surface area contributed by atoms with E-state index in [4.69, 9.17) is 4.42 Å². The molecule has 0 aliphatic rings. The molecule has 7 aromatic rings. The topological polar surface area (TPSA) is 31.0 Å². The molecule has 0 amide bonds. The summed E-state index contributed by atoms with van der Waals surface area (Å²) < 4.78 is 8.65. The number of para-hydroxylation sites is 1. The van der Waals surface area contributed by atoms with E-state index in [0.29, 0.717) is 0 Å². The minimum absolute atomic E-state index is 0.915. The van der Waals surface area contributed by atoms with Crippen LogP contribution in [0.1, 0.15) is 0 Å². The van der Waals surface area contributed by atoms with Gasteiger partial charge in [0.2, 0.25) is 0 Å². The van der Waals surface area contributed by atoms with Gasteiger partial charge in [0, 0.05) is 33.1 Å². The van der Waals surface area contributed by atoms with Crippen molar-refractivity contribution < 1.29 is 4.42 Å². The number of pyridine rings is 1. The third-order valence-electron chi connectivity index (χ3n) is 6.04. The highest BCUT2D eigenvalue weighted by atomic mass is 16.3. The SMILES string of the molecule is c1ccc(-n2c3ccccc3c3c4c(ccc32)oc2c3ccccc3ccc24)nc1. The molecule has 0 N–H and O–H groups in total. The Hall–Kier alpha value is -4.11. The summed E-state index contributed by atoms with van der Waals surface area (Å²) in [7, 11) is 0. The number of fused-ring (bicyclic) bond motifs is 9. The van der Waals surface area contributed by atoms with Crippen LogP contribution in [-0.4, -0.2) is 9.55 Å². The average Bonchev–Trinajstić information content (AvgIpc) is 3.35. The van der Waals surface area contributed by atoms with Crippen molar-refractivity contribution >= 4 is 54.5 Å². The van der Waals surface area contributed by atoms with E-state index in [-0.39, 0.29) is 0 Å². The van der Waals surface area contributed by atoms with Crippen molar-refractivity contribution in [2.24, 2.45) is 0 Å². The first-order chi connectivity index (χ1) is 14.9. The van der Waals surface area contributed by atoms with Crippen LogP contribution in [-0.2, 0) is 0 Å². The molecule has 0 saturated carbocycles. The predicted molar refractivity (Wildman–Crippen MR) is 123 cm³/mol. The second-order valence-corrected chi connectivity index (χ2v) is 7.64. The lowest BCUT2D eigenvalue weighted by Crippen LogP contribution is -1.95. The fourth-order valence-electron chi connectivity index (χ4n) is 4.79. The summed E-state index contributed by atoms with van der Waals surface area (Å²) >= 11 is 0. The van der Waals surface area contributed by atoms with Crippen molar-refractivity contribution in [2.75, 3.05) is 0 Å². The lowest BCUT2D eigenvalue weighted by atomic mass is 10.0. The Morgan fingerprint density at radius 3 is 2.33 bits per heavy atom. The maximum Gasteiger partial charge on any atom is 0.143 e. The van der Waals surface area contributed by atoms with Crippen LogP contribution in [0.5, 0.6) is 0 Å². The maximum absolute atomic E-state index is 6.41. The van der Waals surface area contributed by atoms with Gasteiger partial charge in [-0.1, -0.05) is 54.6 Å². The summed E-state index contributed by atoms with van der Waals surface area (Å²) in [5.74, 6) is 0.918. The van der Waals surface area contributed by atoms with E-state index in [2.05, 4.69) is 88.4 Å². The van der Waals surface area contributed by atoms with E-state index < -0.39 is 0 Å². The quantitative estimate of drug-likeness (QED) is 0.299. The van der Waals surface area contributed by atoms with Gasteiger partial charge in [0.05, 0.1) is 11.0 Å². The fourth-order valence-corrected chi connectivity index (χ4v) is 4.79. The molecule has 0 bridgehead atoms. The summed E-state index contributed by atoms with van der Waals surface area (Å²) in [4.78, 5) is 4.63. The molecule has 3 heteroatoms. The third-order valence-corrected chi connectivity index (χ3v) is 6.04. The number of hydrogen-bond donors (Lipinski definition) is 0. The lowest BCUT2D eigenvalue weighted by molar-refractivity contribution is 0.673. The van der Waals surface area contributed by atoms with Gasteiger partial charge in [-0.2, -0.15) is 0 Å². The Bertz CT molecular complexity index is 1740. The van der Waals surface area contributed by atoms with Crippen LogP contribution in [0.2, 0.25) is 0 Å². The molecular weight excluding hydrogens is 368 g/mol. The molecule has 0 atom stereocenters. The van der Waals surface area contributed by atoms with E-state index >= 15 is 0 Å². The van der Waals surface area contributed by atoms with Crippen molar-refractivity contribution in [1.82, 2.24) is 9.55 Å². The Labute approximate surface area is 171 Å². The van der Waals surface area contributed by atoms with Crippen LogP contribution in [0, 0.1) is 0 Å². The van der Waals surface area contributed by atoms with Crippen LogP contribution in [0.4, 0.5) is 0 Å². The van der Waals surface area contributed by atoms with E-state index in [1.54, 1.807) is 0 Å². The normalized spacial score (nSPS) is 12.0. The van der Waals surface area contributed by atoms with E-state index in [1.165, 1.54) is 21.5 Å². The van der Waals surface area contributed by atoms with Crippen molar-refractivity contribution in [3.05, 3.63) is 97.2 Å². The van der Waals surface area contributed by atoms with Crippen LogP contribution >= 0.6 is 0 Å². The molecule has 7 rings (SSSR count). The van der Waals surface area contributed by atoms with Crippen LogP contribution in [0.3, 0.4) is 0 Å². The first kappa shape index (κ1) is 15.8. The Morgan fingerprint density at radius 1 is 0.600 bits per heavy atom. The first-order valence-corrected chi connectivity index (χ1v) is 10.1. The molecule has 4 aromatic carbocycles. The highest BCUT2D eigenvalue weighted by Crippen LogP contribution is 2.42. The first-order valence-electron chi connectivity index (χ1n) is 10.1. The Kier molecular flexibility index (Phi) is 3.00. The predicted octanol–water partition coefficient (Wildman–Crippen LogP) is 7.23. The summed E-state index contributed by atoms with van der Waals surface area (Å²) in [6, 6.07) is 31.6. The molecule has 0 aliphatic carbocycles. The molecule has 30 heavy (non-hydrogen) atoms. The van der Waals surface area contributed by atoms with Crippen LogP contribution in [0.15, 0.2) is 102 Å². The zero-order chi connectivity index (χ0) is 19.7. The van der Waals surface area contributed by atoms with Gasteiger partial charge in [0.1, 0.15) is 17.0 Å². The van der Waals surface area contributed by atoms with Gasteiger partial charge in [0.15, 0.2) is 0 Å². The zero-order valence-electron chi connectivity index (χ0n) is 16.0. The minimum atomic E-state index is 0.915. The summed E-state index contributed by atoms with van der Waals surface area (Å²) in [6.45, 7) is 0. The maximum atomic E-state index is 6.41. The lowest BCUT2D eigenvalue weighted by Gasteiger charge is -2.05. The number of nitrogens with zero attached hydrogens (tertiary/aromatic N) is 2. The van der Waals surface area contributed by atoms with Gasteiger partial charge in [-0.15, -0.1) is 0 Å². The van der Waals surface area contributed by atoms with Crippen molar-refractivity contribution in [2.45, 2.75) is 0 Å². The molecule has 0 unspecified atom stereocenters. The van der Waals surface area contributed by atoms with Gasteiger partial charge in [-0.05, 0) is 41.8 Å². The molecule has 3 heterocycles. The van der Waals surface area contributed by atoms with Crippen molar-refractivity contribution in [3.63, 3.8) is 0 Å². The van der Waals surface area contributed by atoms with E-state index in [9.17, 15) is 0 Å². The smallest absolute Gasteiger partial charge is 0.143 e. The zero-order valence-corrected chi connectivity index (χ0v) is 16.0. The molecule has 0 aliphatic heterocycles. The van der Waals surface area contributed by atoms with Gasteiger partial charge in [0.25, 0.3) is 0 Å². The summed E-state index contributed by atoms with van der Waals surface area (Å²) in [5, 5.41) is 7.07. The molecule has 0 saturated heterocycles. The minimum Gasteiger partial charge on any atom is -0.455 e. The van der Waals surface area contributed by atoms with Crippen LogP contribution < -0.4 is 0 Å². The number of rotatable bonds is 1. The third kappa shape index (κ3) is 1.96. The Balaban J connectivity index is 1.75. The highest BCUT2D eigenvalue weighted by molar-refractivity contribution is 6.29. The summed E-state index contributed by atoms with van der Waals surface area (Å²) in [6.07, 6.45) is 1.84. The standard InChI is InChI=1S/C27H16N2O/c1-2-8-18-17(7-1)12-13-20-26-23(30-27(18)20)15-14-22-25(26)19-9-3-4-10-21(19)29(22)24-11-5-6-16-28-24/h1-16H. The van der Waals surface area contributed by atoms with Gasteiger partial charge in [-0.3, -0.25) is 4.57 Å². The van der Waals surface area contributed by atoms with Gasteiger partial charge >= 0.3 is 0 Å².